The molecule has 11 aliphatic carbocycles. The van der Waals surface area contributed by atoms with Gasteiger partial charge in [0.05, 0.1) is 0 Å². The van der Waals surface area contributed by atoms with Crippen LogP contribution in [-0.2, 0) is 0 Å². The van der Waals surface area contributed by atoms with Crippen LogP contribution >= 0.6 is 0 Å². The number of allylic oxidation sites excluding steroid dienone is 8. The molecule has 6 aromatic rings. The summed E-state index contributed by atoms with van der Waals surface area (Å²) in [5, 5.41) is 5.25. The van der Waals surface area contributed by atoms with E-state index in [0.717, 1.165) is 41.4 Å². The highest BCUT2D eigenvalue weighted by Gasteiger charge is 2.33. The second-order valence-electron chi connectivity index (χ2n) is 27.6. The summed E-state index contributed by atoms with van der Waals surface area (Å²) < 4.78 is 0. The van der Waals surface area contributed by atoms with E-state index in [9.17, 15) is 0 Å². The number of rotatable bonds is 3. The Bertz CT molecular complexity index is 2630. The van der Waals surface area contributed by atoms with Gasteiger partial charge in [-0.1, -0.05) is 570 Å². The van der Waals surface area contributed by atoms with Crippen molar-refractivity contribution in [2.24, 2.45) is 59.2 Å². The normalized spacial score (nSPS) is 20.4. The molecule has 0 aliphatic heterocycles. The second-order valence-corrected chi connectivity index (χ2v) is 27.6. The van der Waals surface area contributed by atoms with Gasteiger partial charge >= 0.3 is 0 Å². The first-order chi connectivity index (χ1) is 57.7. The fourth-order valence-electron chi connectivity index (χ4n) is 16.8. The third-order valence-corrected chi connectivity index (χ3v) is 22.2. The van der Waals surface area contributed by atoms with E-state index in [0.29, 0.717) is 0 Å². The fraction of sp³-hybridized carbons (Fsp3) is 0.655. The number of hydrogen-bond acceptors (Lipinski definition) is 0. The summed E-state index contributed by atoms with van der Waals surface area (Å²) in [4.78, 5) is 0. The number of hydrogen-bond donors (Lipinski definition) is 0. The van der Waals surface area contributed by atoms with Gasteiger partial charge in [-0.15, -0.1) is 0 Å². The minimum Gasteiger partial charge on any atom is -0.0808 e. The van der Waals surface area contributed by atoms with Crippen LogP contribution in [0, 0.1) is 59.2 Å². The first kappa shape index (κ1) is 124. The summed E-state index contributed by atoms with van der Waals surface area (Å²) in [5.74, 6) is 11.5. The average Bonchev–Trinajstić information content (AvgIpc) is 0.949. The van der Waals surface area contributed by atoms with Gasteiger partial charge in [-0.2, -0.15) is 0 Å². The van der Waals surface area contributed by atoms with E-state index < -0.39 is 0 Å². The molecule has 0 heteroatoms. The van der Waals surface area contributed by atoms with E-state index in [2.05, 4.69) is 188 Å². The molecular formula is C116H206. The van der Waals surface area contributed by atoms with E-state index in [4.69, 9.17) is 0 Å². The first-order valence-electron chi connectivity index (χ1n) is 51.4. The van der Waals surface area contributed by atoms with Gasteiger partial charge in [0, 0.05) is 0 Å². The van der Waals surface area contributed by atoms with Crippen LogP contribution in [0.15, 0.2) is 200 Å². The zero-order valence-electron chi connectivity index (χ0n) is 84.2. The van der Waals surface area contributed by atoms with Crippen LogP contribution in [0.2, 0.25) is 0 Å². The van der Waals surface area contributed by atoms with Gasteiger partial charge in [-0.05, 0) is 167 Å². The molecule has 0 radical (unpaired) electrons. The summed E-state index contributed by atoms with van der Waals surface area (Å²) in [6.45, 7) is 64.0. The summed E-state index contributed by atoms with van der Waals surface area (Å²) in [6, 6.07) is 53.2. The van der Waals surface area contributed by atoms with Crippen molar-refractivity contribution in [3.63, 3.8) is 0 Å². The molecule has 6 aromatic carbocycles. The predicted octanol–water partition coefficient (Wildman–Crippen LogP) is 41.9. The van der Waals surface area contributed by atoms with Gasteiger partial charge in [-0.25, -0.2) is 0 Å². The van der Waals surface area contributed by atoms with E-state index in [1.54, 1.807) is 82.6 Å². The van der Waals surface area contributed by atoms with Crippen LogP contribution in [0.5, 0.6) is 0 Å². The topological polar surface area (TPSA) is 0 Å². The van der Waals surface area contributed by atoms with Gasteiger partial charge in [0.1, 0.15) is 0 Å². The SMILES string of the molecule is C1=CC2CCC2C=C1.C1=CC2CCCC2C=C1.C1CCC(C2CCCCC2)CC1.C1CCC2CCC2C1.C1CCC2CCCC2C1.CC.CC.CC.CC.CC.CC.CC.CC.CC.CC.CC.CC.CC.CC.CC.CC.c1ccc(-c2ccccc2)cc1.c1ccc(C2CCCCC2)cc1.c1ccc2cc3ccccc3cc2c1. The Hall–Kier alpha value is -5.20. The number of fused-ring (bicyclic) bond motifs is 6. The van der Waals surface area contributed by atoms with Gasteiger partial charge < -0.3 is 0 Å². The van der Waals surface area contributed by atoms with E-state index in [-0.39, 0.29) is 0 Å². The lowest BCUT2D eigenvalue weighted by Gasteiger charge is -2.40. The highest BCUT2D eigenvalue weighted by molar-refractivity contribution is 5.98. The zero-order chi connectivity index (χ0) is 89.1. The van der Waals surface area contributed by atoms with Crippen molar-refractivity contribution in [2.75, 3.05) is 0 Å². The molecule has 0 N–H and O–H groups in total. The molecule has 0 saturated heterocycles. The van der Waals surface area contributed by atoms with Crippen molar-refractivity contribution in [1.82, 2.24) is 0 Å². The maximum atomic E-state index is 2.36. The lowest BCUT2D eigenvalue weighted by molar-refractivity contribution is 0.115. The van der Waals surface area contributed by atoms with Gasteiger partial charge in [0.15, 0.2) is 0 Å². The van der Waals surface area contributed by atoms with Crippen molar-refractivity contribution in [1.29, 1.82) is 0 Å². The molecule has 8 unspecified atom stereocenters. The maximum Gasteiger partial charge on any atom is -0.0162 e. The van der Waals surface area contributed by atoms with E-state index in [1.165, 1.54) is 191 Å². The van der Waals surface area contributed by atoms with Crippen LogP contribution in [0.1, 0.15) is 445 Å². The van der Waals surface area contributed by atoms with Crippen molar-refractivity contribution in [3.8, 4) is 11.1 Å². The molecular weight excluding hydrogens is 1390 g/mol. The Labute approximate surface area is 732 Å². The molecule has 17 rings (SSSR count). The maximum absolute atomic E-state index is 2.36. The second kappa shape index (κ2) is 98.6. The van der Waals surface area contributed by atoms with E-state index >= 15 is 0 Å². The lowest BCUT2D eigenvalue weighted by atomic mass is 9.66. The van der Waals surface area contributed by atoms with Crippen LogP contribution in [-0.4, -0.2) is 0 Å². The minimum absolute atomic E-state index is 0.861. The fourth-order valence-corrected chi connectivity index (χ4v) is 16.8. The monoisotopic (exact) mass is 1600 g/mol. The summed E-state index contributed by atoms with van der Waals surface area (Å²) in [7, 11) is 0. The standard InChI is InChI=1S/C14H10.C12H22.C12H16.C12H10.C9H16.C9H12.C8H14.C8H10.16C2H6/c1-2-6-12-10-14-8-4-3-7-13(14)9-11(12)5-1;3*1-3-7-11(8-4-1)12-9-5-2-6-10-12;2*1-2-5-9-7-3-6-8(9)4-1;2*1-2-4-8-6-5-7(8)3-1;16*1-2/h1-10H;11-12H,1-10H2;1,3-4,7-8,12H,2,5-6,9-10H2;1-10H;8-9H,1-7H2;1-2,4-5,8-9H,3,6-7H2;7-8H,1-6H2;1-4,7-8H,5-6H2;16*1-2H3. The molecule has 0 bridgehead atoms. The quantitative estimate of drug-likeness (QED) is 0.155. The van der Waals surface area contributed by atoms with Gasteiger partial charge in [0.2, 0.25) is 0 Å². The molecule has 0 amide bonds. The van der Waals surface area contributed by atoms with Crippen molar-refractivity contribution in [2.45, 2.75) is 439 Å². The molecule has 11 aliphatic rings. The molecule has 0 aromatic heterocycles. The zero-order valence-corrected chi connectivity index (χ0v) is 84.2. The Morgan fingerprint density at radius 2 is 0.353 bits per heavy atom. The largest absolute Gasteiger partial charge is 0.0808 e. The van der Waals surface area contributed by atoms with Crippen LogP contribution < -0.4 is 0 Å². The van der Waals surface area contributed by atoms with E-state index in [1.807, 2.05) is 234 Å². The third kappa shape index (κ3) is 55.6. The van der Waals surface area contributed by atoms with Crippen molar-refractivity contribution in [3.05, 3.63) is 206 Å². The first-order valence-corrected chi connectivity index (χ1v) is 51.4. The lowest BCUT2D eigenvalue weighted by Crippen LogP contribution is -2.28. The van der Waals surface area contributed by atoms with Gasteiger partial charge in [0.25, 0.3) is 0 Å². The average molecular weight is 1600 g/mol. The third-order valence-electron chi connectivity index (χ3n) is 22.2. The Balaban J connectivity index is -0.000000224. The van der Waals surface area contributed by atoms with Crippen molar-refractivity contribution >= 4 is 21.5 Å². The molecule has 8 atom stereocenters. The summed E-state index contributed by atoms with van der Waals surface area (Å²) in [6.07, 6.45) is 67.9. The predicted molar refractivity (Wildman–Crippen MR) is 548 cm³/mol. The number of benzene rings is 6. The Morgan fingerprint density at radius 1 is 0.164 bits per heavy atom. The summed E-state index contributed by atoms with van der Waals surface area (Å²) >= 11 is 0. The highest BCUT2D eigenvalue weighted by Crippen LogP contribution is 2.45. The van der Waals surface area contributed by atoms with Crippen LogP contribution in [0.3, 0.4) is 0 Å². The molecule has 670 valence electrons. The molecule has 116 heavy (non-hydrogen) atoms. The molecule has 0 nitrogen and oxygen atoms in total. The Kier molecular flexibility index (Phi) is 105. The smallest absolute Gasteiger partial charge is 0.0162 e. The molecule has 0 heterocycles. The molecule has 9 saturated carbocycles. The minimum atomic E-state index is 0.861. The van der Waals surface area contributed by atoms with Gasteiger partial charge in [-0.3, -0.25) is 0 Å². The molecule has 0 spiro atoms. The van der Waals surface area contributed by atoms with Crippen LogP contribution in [0.4, 0.5) is 0 Å². The Morgan fingerprint density at radius 3 is 0.578 bits per heavy atom. The van der Waals surface area contributed by atoms with Crippen molar-refractivity contribution < 1.29 is 0 Å². The molecule has 9 fully saturated rings. The highest BCUT2D eigenvalue weighted by atomic mass is 14.4. The van der Waals surface area contributed by atoms with Crippen LogP contribution in [0.25, 0.3) is 32.7 Å². The summed E-state index contributed by atoms with van der Waals surface area (Å²) in [5.41, 5.74) is 4.11.